The molecule has 3 rings (SSSR count). The second kappa shape index (κ2) is 5.92. The normalized spacial score (nSPS) is 24.5. The summed E-state index contributed by atoms with van der Waals surface area (Å²) >= 11 is 0. The number of aryl methyl sites for hydroxylation is 1. The van der Waals surface area contributed by atoms with Crippen molar-refractivity contribution in [3.63, 3.8) is 0 Å². The SMILES string of the molecule is CCOC(=O)C1=CC2(CCNc3ccccc3CC2)CC1. The Labute approximate surface area is 126 Å². The standard InChI is InChI=1S/C18H23NO2/c1-2-21-17(20)15-8-10-18(13-15)9-7-14-5-3-4-6-16(14)19-12-11-18/h3-6,13,19H,2,7-12H2,1H3. The molecule has 0 fully saturated rings. The Kier molecular flexibility index (Phi) is 4.00. The molecule has 1 aliphatic carbocycles. The maximum absolute atomic E-state index is 11.9. The molecule has 1 aromatic carbocycles. The molecule has 3 heteroatoms. The number of hydrogen-bond donors (Lipinski definition) is 1. The van der Waals surface area contributed by atoms with Crippen LogP contribution in [0.5, 0.6) is 0 Å². The van der Waals surface area contributed by atoms with E-state index in [1.807, 2.05) is 6.92 Å². The zero-order valence-electron chi connectivity index (χ0n) is 12.7. The Morgan fingerprint density at radius 3 is 2.90 bits per heavy atom. The molecule has 1 atom stereocenters. The minimum Gasteiger partial charge on any atom is -0.463 e. The molecule has 0 radical (unpaired) electrons. The highest BCUT2D eigenvalue weighted by Crippen LogP contribution is 2.44. The molecule has 1 aromatic rings. The number of fused-ring (bicyclic) bond motifs is 1. The van der Waals surface area contributed by atoms with Gasteiger partial charge >= 0.3 is 5.97 Å². The van der Waals surface area contributed by atoms with Gasteiger partial charge in [-0.2, -0.15) is 0 Å². The number of esters is 1. The van der Waals surface area contributed by atoms with Crippen LogP contribution >= 0.6 is 0 Å². The van der Waals surface area contributed by atoms with Gasteiger partial charge in [-0.1, -0.05) is 24.3 Å². The van der Waals surface area contributed by atoms with E-state index in [9.17, 15) is 4.79 Å². The van der Waals surface area contributed by atoms with Crippen molar-refractivity contribution in [3.8, 4) is 0 Å². The lowest BCUT2D eigenvalue weighted by atomic mass is 9.77. The van der Waals surface area contributed by atoms with Crippen LogP contribution in [0.2, 0.25) is 0 Å². The number of carbonyl (C=O) groups excluding carboxylic acids is 1. The predicted octanol–water partition coefficient (Wildman–Crippen LogP) is 3.70. The third-order valence-corrected chi connectivity index (χ3v) is 4.76. The van der Waals surface area contributed by atoms with Gasteiger partial charge in [-0.15, -0.1) is 0 Å². The summed E-state index contributed by atoms with van der Waals surface area (Å²) in [5.74, 6) is -0.121. The van der Waals surface area contributed by atoms with Crippen LogP contribution in [0.15, 0.2) is 35.9 Å². The molecule has 1 aliphatic heterocycles. The first-order chi connectivity index (χ1) is 10.2. The number of ether oxygens (including phenoxy) is 1. The van der Waals surface area contributed by atoms with Gasteiger partial charge in [0, 0.05) is 17.8 Å². The van der Waals surface area contributed by atoms with Crippen LogP contribution in [0.1, 0.15) is 38.2 Å². The molecule has 1 spiro atoms. The number of benzene rings is 1. The minimum absolute atomic E-state index is 0.121. The summed E-state index contributed by atoms with van der Waals surface area (Å²) in [6, 6.07) is 8.54. The molecule has 1 unspecified atom stereocenters. The second-order valence-corrected chi connectivity index (χ2v) is 6.09. The first-order valence-electron chi connectivity index (χ1n) is 7.93. The molecule has 0 saturated carbocycles. The Balaban J connectivity index is 1.77. The molecule has 0 saturated heterocycles. The minimum atomic E-state index is -0.121. The average molecular weight is 285 g/mol. The summed E-state index contributed by atoms with van der Waals surface area (Å²) in [5, 5.41) is 3.54. The molecule has 112 valence electrons. The molecule has 0 aromatic heterocycles. The number of nitrogens with one attached hydrogen (secondary N) is 1. The fourth-order valence-corrected chi connectivity index (χ4v) is 3.54. The molecule has 2 aliphatic rings. The summed E-state index contributed by atoms with van der Waals surface area (Å²) in [6.45, 7) is 3.28. The topological polar surface area (TPSA) is 38.3 Å². The monoisotopic (exact) mass is 285 g/mol. The van der Waals surface area contributed by atoms with Gasteiger partial charge in [-0.05, 0) is 56.1 Å². The van der Waals surface area contributed by atoms with Crippen LogP contribution in [0.4, 0.5) is 5.69 Å². The molecule has 0 bridgehead atoms. The number of para-hydroxylation sites is 1. The van der Waals surface area contributed by atoms with Crippen LogP contribution in [-0.4, -0.2) is 19.1 Å². The van der Waals surface area contributed by atoms with Crippen molar-refractivity contribution in [2.45, 2.75) is 39.0 Å². The van der Waals surface area contributed by atoms with Gasteiger partial charge in [0.2, 0.25) is 0 Å². The van der Waals surface area contributed by atoms with Gasteiger partial charge in [0.15, 0.2) is 0 Å². The highest BCUT2D eigenvalue weighted by molar-refractivity contribution is 5.89. The van der Waals surface area contributed by atoms with E-state index >= 15 is 0 Å². The Hall–Kier alpha value is -1.77. The highest BCUT2D eigenvalue weighted by atomic mass is 16.5. The lowest BCUT2D eigenvalue weighted by Gasteiger charge is -2.30. The van der Waals surface area contributed by atoms with Gasteiger partial charge in [-0.25, -0.2) is 4.79 Å². The van der Waals surface area contributed by atoms with Crippen LogP contribution in [0.25, 0.3) is 0 Å². The third-order valence-electron chi connectivity index (χ3n) is 4.76. The summed E-state index contributed by atoms with van der Waals surface area (Å²) in [5.41, 5.74) is 3.70. The molecule has 21 heavy (non-hydrogen) atoms. The van der Waals surface area contributed by atoms with Crippen LogP contribution in [0, 0.1) is 5.41 Å². The van der Waals surface area contributed by atoms with Crippen molar-refractivity contribution in [2.24, 2.45) is 5.41 Å². The average Bonchev–Trinajstić information content (AvgIpc) is 2.90. The molecular weight excluding hydrogens is 262 g/mol. The Bertz CT molecular complexity index is 564. The van der Waals surface area contributed by atoms with E-state index in [1.54, 1.807) is 0 Å². The lowest BCUT2D eigenvalue weighted by Crippen LogP contribution is -2.23. The maximum Gasteiger partial charge on any atom is 0.333 e. The quantitative estimate of drug-likeness (QED) is 0.842. The third kappa shape index (κ3) is 2.97. The molecule has 1 N–H and O–H groups in total. The van der Waals surface area contributed by atoms with Crippen molar-refractivity contribution in [3.05, 3.63) is 41.5 Å². The molecule has 1 heterocycles. The zero-order chi connectivity index (χ0) is 14.7. The summed E-state index contributed by atoms with van der Waals surface area (Å²) < 4.78 is 5.15. The Morgan fingerprint density at radius 1 is 1.24 bits per heavy atom. The van der Waals surface area contributed by atoms with E-state index in [0.717, 1.165) is 44.2 Å². The van der Waals surface area contributed by atoms with Crippen molar-refractivity contribution in [1.82, 2.24) is 0 Å². The zero-order valence-corrected chi connectivity index (χ0v) is 12.7. The Morgan fingerprint density at radius 2 is 2.05 bits per heavy atom. The summed E-state index contributed by atoms with van der Waals surface area (Å²) in [6.07, 6.45) is 7.42. The first-order valence-corrected chi connectivity index (χ1v) is 7.93. The maximum atomic E-state index is 11.9. The fourth-order valence-electron chi connectivity index (χ4n) is 3.54. The van der Waals surface area contributed by atoms with Crippen LogP contribution in [0.3, 0.4) is 0 Å². The van der Waals surface area contributed by atoms with Crippen LogP contribution < -0.4 is 5.32 Å². The van der Waals surface area contributed by atoms with Crippen molar-refractivity contribution < 1.29 is 9.53 Å². The number of hydrogen-bond acceptors (Lipinski definition) is 3. The van der Waals surface area contributed by atoms with E-state index in [2.05, 4.69) is 35.7 Å². The smallest absolute Gasteiger partial charge is 0.333 e. The van der Waals surface area contributed by atoms with Gasteiger partial charge < -0.3 is 10.1 Å². The lowest BCUT2D eigenvalue weighted by molar-refractivity contribution is -0.138. The molecule has 3 nitrogen and oxygen atoms in total. The number of allylic oxidation sites excluding steroid dienone is 1. The van der Waals surface area contributed by atoms with Gasteiger partial charge in [-0.3, -0.25) is 0 Å². The van der Waals surface area contributed by atoms with E-state index in [1.165, 1.54) is 11.3 Å². The fraction of sp³-hybridized carbons (Fsp3) is 0.500. The van der Waals surface area contributed by atoms with E-state index in [4.69, 9.17) is 4.74 Å². The second-order valence-electron chi connectivity index (χ2n) is 6.09. The number of carbonyl (C=O) groups is 1. The van der Waals surface area contributed by atoms with E-state index in [0.29, 0.717) is 6.61 Å². The molecular formula is C18H23NO2. The van der Waals surface area contributed by atoms with Crippen molar-refractivity contribution >= 4 is 11.7 Å². The predicted molar refractivity (Wildman–Crippen MR) is 84.3 cm³/mol. The largest absolute Gasteiger partial charge is 0.463 e. The van der Waals surface area contributed by atoms with E-state index in [-0.39, 0.29) is 11.4 Å². The van der Waals surface area contributed by atoms with Gasteiger partial charge in [0.25, 0.3) is 0 Å². The number of rotatable bonds is 2. The summed E-state index contributed by atoms with van der Waals surface area (Å²) in [7, 11) is 0. The van der Waals surface area contributed by atoms with E-state index < -0.39 is 0 Å². The van der Waals surface area contributed by atoms with Gasteiger partial charge in [0.05, 0.1) is 6.61 Å². The summed E-state index contributed by atoms with van der Waals surface area (Å²) in [4.78, 5) is 11.9. The first kappa shape index (κ1) is 14.2. The molecule has 0 amide bonds. The van der Waals surface area contributed by atoms with Crippen molar-refractivity contribution in [2.75, 3.05) is 18.5 Å². The highest BCUT2D eigenvalue weighted by Gasteiger charge is 2.35. The van der Waals surface area contributed by atoms with Crippen LogP contribution in [-0.2, 0) is 16.0 Å². The van der Waals surface area contributed by atoms with Crippen molar-refractivity contribution in [1.29, 1.82) is 0 Å². The number of anilines is 1. The van der Waals surface area contributed by atoms with Gasteiger partial charge in [0.1, 0.15) is 0 Å².